The predicted octanol–water partition coefficient (Wildman–Crippen LogP) is 3.59. The maximum absolute atomic E-state index is 13.4. The van der Waals surface area contributed by atoms with Crippen LogP contribution in [0.15, 0.2) is 42.5 Å². The van der Waals surface area contributed by atoms with E-state index < -0.39 is 29.4 Å². The van der Waals surface area contributed by atoms with Crippen molar-refractivity contribution in [3.8, 4) is 0 Å². The zero-order valence-corrected chi connectivity index (χ0v) is 10.7. The second-order valence-electron chi connectivity index (χ2n) is 4.35. The topological polar surface area (TPSA) is 29.1 Å². The molecule has 2 rings (SSSR count). The van der Waals surface area contributed by atoms with Gasteiger partial charge in [-0.15, -0.1) is 0 Å². The largest absolute Gasteiger partial charge is 0.345 e. The first-order chi connectivity index (χ1) is 9.49. The minimum atomic E-state index is -0.991. The van der Waals surface area contributed by atoms with Crippen molar-refractivity contribution in [2.45, 2.75) is 13.0 Å². The van der Waals surface area contributed by atoms with Gasteiger partial charge in [-0.1, -0.05) is 18.2 Å². The molecule has 0 bridgehead atoms. The lowest BCUT2D eigenvalue weighted by atomic mass is 10.1. The summed E-state index contributed by atoms with van der Waals surface area (Å²) >= 11 is 0. The second-order valence-corrected chi connectivity index (χ2v) is 4.35. The summed E-state index contributed by atoms with van der Waals surface area (Å²) in [7, 11) is 0. The summed E-state index contributed by atoms with van der Waals surface area (Å²) in [5.41, 5.74) is 0.301. The average Bonchev–Trinajstić information content (AvgIpc) is 2.42. The summed E-state index contributed by atoms with van der Waals surface area (Å²) in [5, 5.41) is 2.53. The van der Waals surface area contributed by atoms with Crippen LogP contribution in [-0.4, -0.2) is 5.91 Å². The van der Waals surface area contributed by atoms with Crippen LogP contribution in [0.3, 0.4) is 0 Å². The average molecular weight is 279 g/mol. The number of halogens is 3. The zero-order valence-electron chi connectivity index (χ0n) is 10.7. The Morgan fingerprint density at radius 2 is 1.70 bits per heavy atom. The summed E-state index contributed by atoms with van der Waals surface area (Å²) < 4.78 is 39.4. The highest BCUT2D eigenvalue weighted by Gasteiger charge is 2.15. The van der Waals surface area contributed by atoms with Crippen LogP contribution in [-0.2, 0) is 0 Å². The van der Waals surface area contributed by atoms with Gasteiger partial charge in [-0.05, 0) is 36.8 Å². The zero-order chi connectivity index (χ0) is 14.7. The quantitative estimate of drug-likeness (QED) is 0.914. The van der Waals surface area contributed by atoms with Crippen LogP contribution < -0.4 is 5.32 Å². The predicted molar refractivity (Wildman–Crippen MR) is 68.6 cm³/mol. The highest BCUT2D eigenvalue weighted by atomic mass is 19.2. The molecule has 0 radical (unpaired) electrons. The molecule has 0 aliphatic rings. The van der Waals surface area contributed by atoms with E-state index in [9.17, 15) is 18.0 Å². The lowest BCUT2D eigenvalue weighted by molar-refractivity contribution is 0.0935. The third kappa shape index (κ3) is 2.99. The smallest absolute Gasteiger partial charge is 0.254 e. The van der Waals surface area contributed by atoms with E-state index in [1.165, 1.54) is 24.3 Å². The number of hydrogen-bond acceptors (Lipinski definition) is 1. The van der Waals surface area contributed by atoms with Crippen molar-refractivity contribution in [1.29, 1.82) is 0 Å². The van der Waals surface area contributed by atoms with Crippen LogP contribution in [0, 0.1) is 17.5 Å². The van der Waals surface area contributed by atoms with Gasteiger partial charge in [0.15, 0.2) is 11.6 Å². The van der Waals surface area contributed by atoms with E-state index in [2.05, 4.69) is 5.32 Å². The molecule has 0 aromatic heterocycles. The number of carbonyl (C=O) groups is 1. The molecule has 0 aliphatic heterocycles. The van der Waals surface area contributed by atoms with E-state index in [0.717, 1.165) is 12.1 Å². The van der Waals surface area contributed by atoms with Gasteiger partial charge in [-0.3, -0.25) is 4.79 Å². The van der Waals surface area contributed by atoms with Crippen molar-refractivity contribution in [3.05, 3.63) is 71.0 Å². The SMILES string of the molecule is CC(NC(=O)c1ccccc1F)c1ccc(F)c(F)c1. The van der Waals surface area contributed by atoms with Gasteiger partial charge in [0.25, 0.3) is 5.91 Å². The van der Waals surface area contributed by atoms with Gasteiger partial charge in [0.1, 0.15) is 5.82 Å². The van der Waals surface area contributed by atoms with Gasteiger partial charge in [0.05, 0.1) is 11.6 Å². The maximum atomic E-state index is 13.4. The van der Waals surface area contributed by atoms with Crippen LogP contribution in [0.4, 0.5) is 13.2 Å². The Hall–Kier alpha value is -2.30. The molecule has 0 fully saturated rings. The molecule has 20 heavy (non-hydrogen) atoms. The highest BCUT2D eigenvalue weighted by molar-refractivity contribution is 5.94. The monoisotopic (exact) mass is 279 g/mol. The molecule has 0 saturated carbocycles. The molecule has 1 unspecified atom stereocenters. The number of benzene rings is 2. The normalized spacial score (nSPS) is 12.0. The summed E-state index contributed by atoms with van der Waals surface area (Å²) in [6.45, 7) is 1.60. The van der Waals surface area contributed by atoms with Crippen LogP contribution in [0.1, 0.15) is 28.9 Å². The Labute approximate surface area is 114 Å². The maximum Gasteiger partial charge on any atom is 0.254 e. The van der Waals surface area contributed by atoms with Gasteiger partial charge < -0.3 is 5.32 Å². The van der Waals surface area contributed by atoms with E-state index in [4.69, 9.17) is 0 Å². The van der Waals surface area contributed by atoms with Crippen molar-refractivity contribution >= 4 is 5.91 Å². The number of nitrogens with one attached hydrogen (secondary N) is 1. The Morgan fingerprint density at radius 1 is 1.00 bits per heavy atom. The fraction of sp³-hybridized carbons (Fsp3) is 0.133. The second kappa shape index (κ2) is 5.77. The van der Waals surface area contributed by atoms with Gasteiger partial charge in [0.2, 0.25) is 0 Å². The van der Waals surface area contributed by atoms with E-state index in [1.807, 2.05) is 0 Å². The first-order valence-electron chi connectivity index (χ1n) is 5.99. The molecule has 104 valence electrons. The number of carbonyl (C=O) groups excluding carboxylic acids is 1. The number of amides is 1. The number of hydrogen-bond donors (Lipinski definition) is 1. The Morgan fingerprint density at radius 3 is 2.35 bits per heavy atom. The van der Waals surface area contributed by atoms with Crippen molar-refractivity contribution in [1.82, 2.24) is 5.32 Å². The fourth-order valence-corrected chi connectivity index (χ4v) is 1.78. The molecule has 0 aliphatic carbocycles. The van der Waals surface area contributed by atoms with Crippen molar-refractivity contribution < 1.29 is 18.0 Å². The molecule has 2 nitrogen and oxygen atoms in total. The first-order valence-corrected chi connectivity index (χ1v) is 5.99. The van der Waals surface area contributed by atoms with Crippen LogP contribution in [0.25, 0.3) is 0 Å². The molecule has 5 heteroatoms. The fourth-order valence-electron chi connectivity index (χ4n) is 1.78. The van der Waals surface area contributed by atoms with Crippen molar-refractivity contribution in [2.75, 3.05) is 0 Å². The molecule has 1 amide bonds. The van der Waals surface area contributed by atoms with E-state index in [0.29, 0.717) is 5.56 Å². The van der Waals surface area contributed by atoms with E-state index in [-0.39, 0.29) is 5.56 Å². The molecule has 0 heterocycles. The Balaban J connectivity index is 2.15. The summed E-state index contributed by atoms with van der Waals surface area (Å²) in [5.74, 6) is -3.20. The molecule has 0 saturated heterocycles. The van der Waals surface area contributed by atoms with E-state index >= 15 is 0 Å². The van der Waals surface area contributed by atoms with Crippen LogP contribution in [0.2, 0.25) is 0 Å². The van der Waals surface area contributed by atoms with Crippen LogP contribution in [0.5, 0.6) is 0 Å². The molecular weight excluding hydrogens is 267 g/mol. The first kappa shape index (κ1) is 14.1. The Bertz CT molecular complexity index is 643. The molecule has 1 atom stereocenters. The summed E-state index contributed by atoms with van der Waals surface area (Å²) in [6.07, 6.45) is 0. The van der Waals surface area contributed by atoms with Crippen molar-refractivity contribution in [3.63, 3.8) is 0 Å². The highest BCUT2D eigenvalue weighted by Crippen LogP contribution is 2.17. The minimum absolute atomic E-state index is 0.0954. The molecule has 0 spiro atoms. The molecular formula is C15H12F3NO. The van der Waals surface area contributed by atoms with Gasteiger partial charge in [-0.2, -0.15) is 0 Å². The third-order valence-electron chi connectivity index (χ3n) is 2.91. The van der Waals surface area contributed by atoms with Gasteiger partial charge >= 0.3 is 0 Å². The molecule has 2 aromatic rings. The Kier molecular flexibility index (Phi) is 4.08. The van der Waals surface area contributed by atoms with Crippen LogP contribution >= 0.6 is 0 Å². The minimum Gasteiger partial charge on any atom is -0.345 e. The van der Waals surface area contributed by atoms with Gasteiger partial charge in [0, 0.05) is 0 Å². The summed E-state index contributed by atoms with van der Waals surface area (Å²) in [4.78, 5) is 11.9. The van der Waals surface area contributed by atoms with Crippen molar-refractivity contribution in [2.24, 2.45) is 0 Å². The molecule has 2 aromatic carbocycles. The third-order valence-corrected chi connectivity index (χ3v) is 2.91. The summed E-state index contributed by atoms with van der Waals surface area (Å²) in [6, 6.07) is 8.32. The lowest BCUT2D eigenvalue weighted by Crippen LogP contribution is -2.27. The lowest BCUT2D eigenvalue weighted by Gasteiger charge is -2.15. The van der Waals surface area contributed by atoms with Gasteiger partial charge in [-0.25, -0.2) is 13.2 Å². The molecule has 1 N–H and O–H groups in total. The standard InChI is InChI=1S/C15H12F3NO/c1-9(10-6-7-13(17)14(18)8-10)19-15(20)11-4-2-3-5-12(11)16/h2-9H,1H3,(H,19,20). The van der Waals surface area contributed by atoms with E-state index in [1.54, 1.807) is 13.0 Å². The number of rotatable bonds is 3.